The minimum atomic E-state index is -1.12. The molecule has 1 rings (SSSR count). The van der Waals surface area contributed by atoms with Crippen LogP contribution < -0.4 is 5.32 Å². The molecule has 0 bridgehead atoms. The molecule has 16 heavy (non-hydrogen) atoms. The molecule has 1 fully saturated rings. The summed E-state index contributed by atoms with van der Waals surface area (Å²) < 4.78 is 0. The van der Waals surface area contributed by atoms with Crippen LogP contribution in [0.2, 0.25) is 0 Å². The first kappa shape index (κ1) is 13.5. The van der Waals surface area contributed by atoms with Crippen molar-refractivity contribution < 1.29 is 9.90 Å². The standard InChI is InChI=1S/C13H25NO2/c1-9(2)11-5-7-13(16,8-6-11)12(15)14-10(3)4/h9-11,16H,5-8H2,1-4H3,(H,14,15)/t11-,13-. The quantitative estimate of drug-likeness (QED) is 0.775. The van der Waals surface area contributed by atoms with Crippen LogP contribution in [0.3, 0.4) is 0 Å². The summed E-state index contributed by atoms with van der Waals surface area (Å²) in [6.45, 7) is 8.26. The number of carbonyl (C=O) groups is 1. The summed E-state index contributed by atoms with van der Waals surface area (Å²) in [4.78, 5) is 11.8. The van der Waals surface area contributed by atoms with Crippen LogP contribution in [0, 0.1) is 11.8 Å². The van der Waals surface area contributed by atoms with Gasteiger partial charge in [0.15, 0.2) is 0 Å². The first-order valence-corrected chi connectivity index (χ1v) is 6.38. The zero-order chi connectivity index (χ0) is 12.3. The lowest BCUT2D eigenvalue weighted by atomic mass is 9.74. The predicted octanol–water partition coefficient (Wildman–Crippen LogP) is 2.09. The van der Waals surface area contributed by atoms with E-state index < -0.39 is 5.60 Å². The number of aliphatic hydroxyl groups is 1. The molecule has 1 amide bonds. The number of amides is 1. The smallest absolute Gasteiger partial charge is 0.252 e. The lowest BCUT2D eigenvalue weighted by molar-refractivity contribution is -0.145. The molecule has 0 atom stereocenters. The maximum Gasteiger partial charge on any atom is 0.252 e. The van der Waals surface area contributed by atoms with Crippen molar-refractivity contribution in [2.24, 2.45) is 11.8 Å². The van der Waals surface area contributed by atoms with E-state index in [0.29, 0.717) is 24.7 Å². The summed E-state index contributed by atoms with van der Waals surface area (Å²) in [7, 11) is 0. The van der Waals surface area contributed by atoms with E-state index in [1.165, 1.54) is 0 Å². The maximum absolute atomic E-state index is 11.8. The number of nitrogens with one attached hydrogen (secondary N) is 1. The highest BCUT2D eigenvalue weighted by Gasteiger charge is 2.40. The molecule has 0 radical (unpaired) electrons. The van der Waals surface area contributed by atoms with Crippen molar-refractivity contribution in [3.8, 4) is 0 Å². The van der Waals surface area contributed by atoms with Gasteiger partial charge in [0.2, 0.25) is 0 Å². The van der Waals surface area contributed by atoms with Gasteiger partial charge in [0.25, 0.3) is 5.91 Å². The second-order valence-corrected chi connectivity index (χ2v) is 5.74. The second-order valence-electron chi connectivity index (χ2n) is 5.74. The Balaban J connectivity index is 2.52. The van der Waals surface area contributed by atoms with E-state index in [0.717, 1.165) is 12.8 Å². The van der Waals surface area contributed by atoms with Gasteiger partial charge in [-0.05, 0) is 51.4 Å². The maximum atomic E-state index is 11.8. The Kier molecular flexibility index (Phi) is 4.36. The van der Waals surface area contributed by atoms with Crippen LogP contribution in [0.4, 0.5) is 0 Å². The Morgan fingerprint density at radius 2 is 1.75 bits per heavy atom. The molecule has 94 valence electrons. The third-order valence-corrected chi connectivity index (χ3v) is 3.64. The third kappa shape index (κ3) is 3.21. The second kappa shape index (κ2) is 5.17. The van der Waals surface area contributed by atoms with Crippen molar-refractivity contribution in [2.75, 3.05) is 0 Å². The average molecular weight is 227 g/mol. The van der Waals surface area contributed by atoms with Crippen molar-refractivity contribution in [1.82, 2.24) is 5.32 Å². The van der Waals surface area contributed by atoms with Gasteiger partial charge in [-0.2, -0.15) is 0 Å². The molecule has 3 nitrogen and oxygen atoms in total. The highest BCUT2D eigenvalue weighted by molar-refractivity contribution is 5.85. The minimum Gasteiger partial charge on any atom is -0.380 e. The Morgan fingerprint density at radius 1 is 1.25 bits per heavy atom. The largest absolute Gasteiger partial charge is 0.380 e. The molecule has 1 aliphatic rings. The van der Waals surface area contributed by atoms with Crippen LogP contribution >= 0.6 is 0 Å². The van der Waals surface area contributed by atoms with Crippen LogP contribution in [0.25, 0.3) is 0 Å². The van der Waals surface area contributed by atoms with Crippen molar-refractivity contribution in [2.45, 2.75) is 65.0 Å². The van der Waals surface area contributed by atoms with Crippen LogP contribution in [-0.2, 0) is 4.79 Å². The highest BCUT2D eigenvalue weighted by atomic mass is 16.3. The molecule has 1 saturated carbocycles. The zero-order valence-electron chi connectivity index (χ0n) is 10.9. The zero-order valence-corrected chi connectivity index (χ0v) is 10.9. The van der Waals surface area contributed by atoms with E-state index in [1.807, 2.05) is 13.8 Å². The fraction of sp³-hybridized carbons (Fsp3) is 0.923. The van der Waals surface area contributed by atoms with E-state index in [2.05, 4.69) is 19.2 Å². The normalized spacial score (nSPS) is 30.8. The molecular weight excluding hydrogens is 202 g/mol. The molecule has 3 heteroatoms. The van der Waals surface area contributed by atoms with Gasteiger partial charge < -0.3 is 10.4 Å². The molecule has 0 aromatic carbocycles. The van der Waals surface area contributed by atoms with Gasteiger partial charge >= 0.3 is 0 Å². The molecule has 0 unspecified atom stereocenters. The summed E-state index contributed by atoms with van der Waals surface area (Å²) in [6.07, 6.45) is 3.13. The van der Waals surface area contributed by atoms with Crippen molar-refractivity contribution in [3.05, 3.63) is 0 Å². The Bertz CT molecular complexity index is 240. The van der Waals surface area contributed by atoms with Crippen LogP contribution in [0.15, 0.2) is 0 Å². The summed E-state index contributed by atoms with van der Waals surface area (Å²) in [5.41, 5.74) is -1.12. The van der Waals surface area contributed by atoms with Gasteiger partial charge in [0, 0.05) is 6.04 Å². The summed E-state index contributed by atoms with van der Waals surface area (Å²) in [5.74, 6) is 1.12. The number of carbonyl (C=O) groups excluding carboxylic acids is 1. The highest BCUT2D eigenvalue weighted by Crippen LogP contribution is 2.35. The first-order valence-electron chi connectivity index (χ1n) is 6.38. The molecule has 1 aliphatic carbocycles. The Morgan fingerprint density at radius 3 is 2.12 bits per heavy atom. The van der Waals surface area contributed by atoms with Gasteiger partial charge in [-0.3, -0.25) is 4.79 Å². The molecule has 2 N–H and O–H groups in total. The lowest BCUT2D eigenvalue weighted by Crippen LogP contribution is -2.51. The van der Waals surface area contributed by atoms with Crippen LogP contribution in [0.1, 0.15) is 53.4 Å². The van der Waals surface area contributed by atoms with E-state index in [9.17, 15) is 9.90 Å². The monoisotopic (exact) mass is 227 g/mol. The molecule has 0 aromatic heterocycles. The number of hydrogen-bond acceptors (Lipinski definition) is 2. The summed E-state index contributed by atoms with van der Waals surface area (Å²) in [5, 5.41) is 13.1. The Hall–Kier alpha value is -0.570. The summed E-state index contributed by atoms with van der Waals surface area (Å²) >= 11 is 0. The Labute approximate surface area is 98.6 Å². The van der Waals surface area contributed by atoms with E-state index in [-0.39, 0.29) is 11.9 Å². The van der Waals surface area contributed by atoms with Crippen LogP contribution in [0.5, 0.6) is 0 Å². The van der Waals surface area contributed by atoms with Gasteiger partial charge in [0.05, 0.1) is 0 Å². The van der Waals surface area contributed by atoms with E-state index in [1.54, 1.807) is 0 Å². The topological polar surface area (TPSA) is 49.3 Å². The predicted molar refractivity (Wildman–Crippen MR) is 65.0 cm³/mol. The molecule has 0 spiro atoms. The van der Waals surface area contributed by atoms with Crippen LogP contribution in [-0.4, -0.2) is 22.7 Å². The lowest BCUT2D eigenvalue weighted by Gasteiger charge is -2.36. The van der Waals surface area contributed by atoms with Crippen molar-refractivity contribution >= 4 is 5.91 Å². The molecule has 0 aliphatic heterocycles. The van der Waals surface area contributed by atoms with Crippen molar-refractivity contribution in [1.29, 1.82) is 0 Å². The van der Waals surface area contributed by atoms with Gasteiger partial charge in [-0.25, -0.2) is 0 Å². The molecule has 0 saturated heterocycles. The molecule has 0 aromatic rings. The number of rotatable bonds is 3. The SMILES string of the molecule is CC(C)NC(=O)[C@]1(O)CC[C@H](C(C)C)CC1. The van der Waals surface area contributed by atoms with E-state index in [4.69, 9.17) is 0 Å². The summed E-state index contributed by atoms with van der Waals surface area (Å²) in [6, 6.07) is 0.0966. The third-order valence-electron chi connectivity index (χ3n) is 3.64. The van der Waals surface area contributed by atoms with Gasteiger partial charge in [0.1, 0.15) is 5.60 Å². The first-order chi connectivity index (χ1) is 7.35. The average Bonchev–Trinajstić information content (AvgIpc) is 2.17. The van der Waals surface area contributed by atoms with Gasteiger partial charge in [-0.15, -0.1) is 0 Å². The molecule has 0 heterocycles. The number of hydrogen-bond donors (Lipinski definition) is 2. The minimum absolute atomic E-state index is 0.0966. The fourth-order valence-electron chi connectivity index (χ4n) is 2.41. The van der Waals surface area contributed by atoms with Gasteiger partial charge in [-0.1, -0.05) is 13.8 Å². The van der Waals surface area contributed by atoms with Crippen molar-refractivity contribution in [3.63, 3.8) is 0 Å². The molecular formula is C13H25NO2. The fourth-order valence-corrected chi connectivity index (χ4v) is 2.41. The van der Waals surface area contributed by atoms with E-state index >= 15 is 0 Å².